The van der Waals surface area contributed by atoms with Gasteiger partial charge in [0, 0.05) is 11.6 Å². The maximum Gasteiger partial charge on any atom is 0.231 e. The smallest absolute Gasteiger partial charge is 0.231 e. The van der Waals surface area contributed by atoms with Gasteiger partial charge in [-0.25, -0.2) is 0 Å². The van der Waals surface area contributed by atoms with E-state index < -0.39 is 0 Å². The van der Waals surface area contributed by atoms with E-state index in [1.54, 1.807) is 7.11 Å². The van der Waals surface area contributed by atoms with Crippen molar-refractivity contribution in [3.63, 3.8) is 0 Å². The quantitative estimate of drug-likeness (QED) is 0.848. The minimum atomic E-state index is 0.182. The largest absolute Gasteiger partial charge is 0.497 e. The first-order valence-corrected chi connectivity index (χ1v) is 7.41. The fourth-order valence-corrected chi connectivity index (χ4v) is 2.41. The van der Waals surface area contributed by atoms with Crippen LogP contribution in [0.25, 0.3) is 11.4 Å². The van der Waals surface area contributed by atoms with Crippen molar-refractivity contribution in [2.24, 2.45) is 0 Å². The number of methoxy groups -OCH3 is 1. The summed E-state index contributed by atoms with van der Waals surface area (Å²) in [5.74, 6) is 2.23. The summed E-state index contributed by atoms with van der Waals surface area (Å²) < 4.78 is 10.7. The molecule has 1 N–H and O–H groups in total. The summed E-state index contributed by atoms with van der Waals surface area (Å²) in [5.41, 5.74) is 0.896. The van der Waals surface area contributed by atoms with Crippen molar-refractivity contribution in [2.75, 3.05) is 13.7 Å². The van der Waals surface area contributed by atoms with E-state index in [1.807, 2.05) is 24.3 Å². The zero-order valence-corrected chi connectivity index (χ0v) is 13.1. The number of nitrogens with one attached hydrogen (secondary N) is 1. The Hall–Kier alpha value is -1.88. The van der Waals surface area contributed by atoms with E-state index >= 15 is 0 Å². The van der Waals surface area contributed by atoms with Gasteiger partial charge in [0.2, 0.25) is 11.7 Å². The van der Waals surface area contributed by atoms with Gasteiger partial charge in [-0.2, -0.15) is 4.98 Å². The highest BCUT2D eigenvalue weighted by Crippen LogP contribution is 2.25. The van der Waals surface area contributed by atoms with E-state index in [0.29, 0.717) is 17.8 Å². The molecular formula is C16H23N3O2. The molecule has 21 heavy (non-hydrogen) atoms. The molecule has 0 bridgehead atoms. The first-order valence-electron chi connectivity index (χ1n) is 7.41. The first-order chi connectivity index (χ1) is 10.2. The molecule has 1 heterocycles. The summed E-state index contributed by atoms with van der Waals surface area (Å²) in [6, 6.07) is 8.00. The minimum absolute atomic E-state index is 0.182. The predicted octanol–water partition coefficient (Wildman–Crippen LogP) is 3.24. The molecular weight excluding hydrogens is 266 g/mol. The lowest BCUT2D eigenvalue weighted by molar-refractivity contribution is 0.321. The van der Waals surface area contributed by atoms with Crippen LogP contribution in [0, 0.1) is 0 Å². The topological polar surface area (TPSA) is 60.2 Å². The lowest BCUT2D eigenvalue weighted by atomic mass is 9.99. The predicted molar refractivity (Wildman–Crippen MR) is 82.5 cm³/mol. The Bertz CT molecular complexity index is 568. The van der Waals surface area contributed by atoms with Gasteiger partial charge in [0.1, 0.15) is 5.75 Å². The van der Waals surface area contributed by atoms with Crippen LogP contribution in [0.1, 0.15) is 39.0 Å². The molecule has 1 aromatic carbocycles. The normalized spacial score (nSPS) is 13.9. The Morgan fingerprint density at radius 1 is 1.33 bits per heavy atom. The second-order valence-corrected chi connectivity index (χ2v) is 5.05. The Labute approximate surface area is 125 Å². The van der Waals surface area contributed by atoms with E-state index in [4.69, 9.17) is 9.26 Å². The van der Waals surface area contributed by atoms with E-state index in [1.165, 1.54) is 0 Å². The SMILES string of the molecule is CCNC(CC)C(C)c1nc(-c2cccc(OC)c2)no1. The summed E-state index contributed by atoms with van der Waals surface area (Å²) in [4.78, 5) is 4.53. The summed E-state index contributed by atoms with van der Waals surface area (Å²) in [7, 11) is 1.64. The molecule has 0 fully saturated rings. The maximum absolute atomic E-state index is 5.44. The van der Waals surface area contributed by atoms with Crippen molar-refractivity contribution in [1.29, 1.82) is 0 Å². The molecule has 5 heteroatoms. The minimum Gasteiger partial charge on any atom is -0.497 e. The van der Waals surface area contributed by atoms with Crippen LogP contribution in [-0.4, -0.2) is 29.8 Å². The Morgan fingerprint density at radius 3 is 2.81 bits per heavy atom. The second-order valence-electron chi connectivity index (χ2n) is 5.05. The molecule has 0 aliphatic heterocycles. The van der Waals surface area contributed by atoms with Gasteiger partial charge in [-0.1, -0.05) is 38.1 Å². The second kappa shape index (κ2) is 7.22. The Kier molecular flexibility index (Phi) is 5.33. The number of benzene rings is 1. The van der Waals surface area contributed by atoms with E-state index in [9.17, 15) is 0 Å². The maximum atomic E-state index is 5.44. The molecule has 0 saturated heterocycles. The van der Waals surface area contributed by atoms with Gasteiger partial charge >= 0.3 is 0 Å². The van der Waals surface area contributed by atoms with Crippen LogP contribution in [0.15, 0.2) is 28.8 Å². The zero-order valence-electron chi connectivity index (χ0n) is 13.1. The van der Waals surface area contributed by atoms with E-state index in [2.05, 4.69) is 36.2 Å². The highest BCUT2D eigenvalue weighted by molar-refractivity contribution is 5.56. The first kappa shape index (κ1) is 15.5. The molecule has 0 saturated carbocycles. The van der Waals surface area contributed by atoms with Crippen molar-refractivity contribution < 1.29 is 9.26 Å². The molecule has 2 unspecified atom stereocenters. The third-order valence-electron chi connectivity index (χ3n) is 3.67. The molecule has 0 aliphatic rings. The van der Waals surface area contributed by atoms with Crippen LogP contribution in [0.3, 0.4) is 0 Å². The third-order valence-corrected chi connectivity index (χ3v) is 3.67. The number of rotatable bonds is 7. The Morgan fingerprint density at radius 2 is 2.14 bits per heavy atom. The number of hydrogen-bond acceptors (Lipinski definition) is 5. The highest BCUT2D eigenvalue weighted by atomic mass is 16.5. The fourth-order valence-electron chi connectivity index (χ4n) is 2.41. The van der Waals surface area contributed by atoms with Crippen LogP contribution in [-0.2, 0) is 0 Å². The van der Waals surface area contributed by atoms with Crippen LogP contribution in [0.2, 0.25) is 0 Å². The molecule has 2 aromatic rings. The van der Waals surface area contributed by atoms with Crippen LogP contribution < -0.4 is 10.1 Å². The zero-order chi connectivity index (χ0) is 15.2. The number of hydrogen-bond donors (Lipinski definition) is 1. The molecule has 0 aliphatic carbocycles. The number of likely N-dealkylation sites (N-methyl/N-ethyl adjacent to an activating group) is 1. The van der Waals surface area contributed by atoms with Gasteiger partial charge in [0.25, 0.3) is 0 Å². The molecule has 114 valence electrons. The van der Waals surface area contributed by atoms with Crippen molar-refractivity contribution in [3.8, 4) is 17.1 Å². The average molecular weight is 289 g/mol. The van der Waals surface area contributed by atoms with Crippen LogP contribution >= 0.6 is 0 Å². The number of nitrogens with zero attached hydrogens (tertiary/aromatic N) is 2. The summed E-state index contributed by atoms with van der Waals surface area (Å²) in [5, 5.41) is 7.54. The van der Waals surface area contributed by atoms with Crippen LogP contribution in [0.5, 0.6) is 5.75 Å². The van der Waals surface area contributed by atoms with Gasteiger partial charge in [-0.15, -0.1) is 0 Å². The van der Waals surface area contributed by atoms with Crippen molar-refractivity contribution in [2.45, 2.75) is 39.2 Å². The summed E-state index contributed by atoms with van der Waals surface area (Å²) in [6.45, 7) is 7.30. The third kappa shape index (κ3) is 3.61. The highest BCUT2D eigenvalue weighted by Gasteiger charge is 2.22. The van der Waals surface area contributed by atoms with Crippen LogP contribution in [0.4, 0.5) is 0 Å². The van der Waals surface area contributed by atoms with Gasteiger partial charge in [0.05, 0.1) is 13.0 Å². The Balaban J connectivity index is 2.20. The standard InChI is InChI=1S/C16H23N3O2/c1-5-14(17-6-2)11(3)16-18-15(19-21-16)12-8-7-9-13(10-12)20-4/h7-11,14,17H,5-6H2,1-4H3. The summed E-state index contributed by atoms with van der Waals surface area (Å²) in [6.07, 6.45) is 1.02. The van der Waals surface area contributed by atoms with Gasteiger partial charge in [0.15, 0.2) is 0 Å². The lowest BCUT2D eigenvalue weighted by Crippen LogP contribution is -2.33. The van der Waals surface area contributed by atoms with E-state index in [-0.39, 0.29) is 5.92 Å². The average Bonchev–Trinajstić information content (AvgIpc) is 3.02. The monoisotopic (exact) mass is 289 g/mol. The molecule has 0 radical (unpaired) electrons. The van der Waals surface area contributed by atoms with Crippen molar-refractivity contribution in [3.05, 3.63) is 30.2 Å². The number of ether oxygens (including phenoxy) is 1. The van der Waals surface area contributed by atoms with Gasteiger partial charge < -0.3 is 14.6 Å². The van der Waals surface area contributed by atoms with Gasteiger partial charge in [-0.05, 0) is 25.1 Å². The number of aromatic nitrogens is 2. The molecule has 2 rings (SSSR count). The molecule has 5 nitrogen and oxygen atoms in total. The van der Waals surface area contributed by atoms with Crippen molar-refractivity contribution in [1.82, 2.24) is 15.5 Å². The molecule has 1 aromatic heterocycles. The lowest BCUT2D eigenvalue weighted by Gasteiger charge is -2.20. The molecule has 0 spiro atoms. The molecule has 0 amide bonds. The van der Waals surface area contributed by atoms with E-state index in [0.717, 1.165) is 24.3 Å². The van der Waals surface area contributed by atoms with Crippen molar-refractivity contribution >= 4 is 0 Å². The molecule has 2 atom stereocenters. The fraction of sp³-hybridized carbons (Fsp3) is 0.500. The van der Waals surface area contributed by atoms with Gasteiger partial charge in [-0.3, -0.25) is 0 Å². The summed E-state index contributed by atoms with van der Waals surface area (Å²) >= 11 is 0.